The highest BCUT2D eigenvalue weighted by molar-refractivity contribution is 6.30. The van der Waals surface area contributed by atoms with E-state index >= 15 is 0 Å². The molecule has 1 saturated heterocycles. The van der Waals surface area contributed by atoms with Gasteiger partial charge in [0.15, 0.2) is 5.82 Å². The molecule has 0 aliphatic carbocycles. The van der Waals surface area contributed by atoms with E-state index in [9.17, 15) is 0 Å². The first kappa shape index (κ1) is 11.1. The molecule has 0 bridgehead atoms. The molecule has 1 aromatic rings. The van der Waals surface area contributed by atoms with Crippen LogP contribution >= 0.6 is 0 Å². The van der Waals surface area contributed by atoms with Gasteiger partial charge in [-0.15, -0.1) is 0 Å². The van der Waals surface area contributed by atoms with Crippen LogP contribution in [0.25, 0.3) is 0 Å². The highest BCUT2D eigenvalue weighted by atomic mass is 16.5. The Morgan fingerprint density at radius 1 is 1.56 bits per heavy atom. The van der Waals surface area contributed by atoms with Gasteiger partial charge in [0, 0.05) is 24.6 Å². The van der Waals surface area contributed by atoms with Crippen molar-refractivity contribution >= 4 is 25.5 Å². The molecule has 1 aliphatic heterocycles. The Kier molecular flexibility index (Phi) is 3.51. The van der Waals surface area contributed by atoms with E-state index in [-0.39, 0.29) is 6.23 Å². The van der Waals surface area contributed by atoms with Gasteiger partial charge in [0.25, 0.3) is 0 Å². The van der Waals surface area contributed by atoms with Crippen molar-refractivity contribution in [2.24, 2.45) is 0 Å². The molecule has 2 radical (unpaired) electrons. The van der Waals surface area contributed by atoms with E-state index in [2.05, 4.69) is 15.3 Å². The molecule has 2 heterocycles. The zero-order chi connectivity index (χ0) is 11.4. The molecule has 1 fully saturated rings. The van der Waals surface area contributed by atoms with Crippen molar-refractivity contribution < 1.29 is 4.74 Å². The maximum Gasteiger partial charge on any atom is 0.155 e. The predicted octanol–water partition coefficient (Wildman–Crippen LogP) is 0.207. The monoisotopic (exact) mass is 216 g/mol. The summed E-state index contributed by atoms with van der Waals surface area (Å²) in [6, 6.07) is 0. The van der Waals surface area contributed by atoms with Crippen LogP contribution in [-0.2, 0) is 4.74 Å². The number of hydrogen-bond acceptors (Lipinski definition) is 5. The van der Waals surface area contributed by atoms with Gasteiger partial charge < -0.3 is 15.5 Å². The van der Waals surface area contributed by atoms with E-state index in [1.165, 1.54) is 6.20 Å². The van der Waals surface area contributed by atoms with Crippen LogP contribution in [0.15, 0.2) is 6.20 Å². The largest absolute Gasteiger partial charge is 0.359 e. The van der Waals surface area contributed by atoms with E-state index < -0.39 is 0 Å². The predicted molar refractivity (Wildman–Crippen MR) is 62.5 cm³/mol. The van der Waals surface area contributed by atoms with Gasteiger partial charge in [-0.2, -0.15) is 0 Å². The van der Waals surface area contributed by atoms with Crippen LogP contribution in [0.4, 0.5) is 5.82 Å². The van der Waals surface area contributed by atoms with Gasteiger partial charge in [-0.3, -0.25) is 4.98 Å². The zero-order valence-corrected chi connectivity index (χ0v) is 8.94. The minimum atomic E-state index is -0.0367. The van der Waals surface area contributed by atoms with Gasteiger partial charge in [-0.1, -0.05) is 0 Å². The molecule has 1 aliphatic rings. The van der Waals surface area contributed by atoms with Gasteiger partial charge in [0.05, 0.1) is 0 Å². The molecule has 6 heteroatoms. The molecule has 82 valence electrons. The van der Waals surface area contributed by atoms with Crippen molar-refractivity contribution in [1.29, 1.82) is 5.41 Å². The van der Waals surface area contributed by atoms with Crippen LogP contribution in [0.5, 0.6) is 0 Å². The lowest BCUT2D eigenvalue weighted by atomic mass is 10.1. The fraction of sp³-hybridized carbons (Fsp3) is 0.500. The summed E-state index contributed by atoms with van der Waals surface area (Å²) >= 11 is 0. The number of aromatic nitrogens is 2. The van der Waals surface area contributed by atoms with E-state index in [1.807, 2.05) is 0 Å². The molecule has 0 aromatic carbocycles. The summed E-state index contributed by atoms with van der Waals surface area (Å²) < 4.78 is 5.53. The Labute approximate surface area is 95.6 Å². The second-order valence-corrected chi connectivity index (χ2v) is 3.67. The number of rotatable bonds is 3. The van der Waals surface area contributed by atoms with Gasteiger partial charge in [-0.25, -0.2) is 4.98 Å². The van der Waals surface area contributed by atoms with Crippen molar-refractivity contribution in [3.8, 4) is 0 Å². The van der Waals surface area contributed by atoms with Crippen LogP contribution in [0.2, 0.25) is 0 Å². The molecule has 2 rings (SSSR count). The first-order chi connectivity index (χ1) is 7.79. The summed E-state index contributed by atoms with van der Waals surface area (Å²) in [5.41, 5.74) is 0.753. The van der Waals surface area contributed by atoms with Crippen molar-refractivity contribution in [3.05, 3.63) is 11.9 Å². The minimum absolute atomic E-state index is 0.0367. The molecular weight excluding hydrogens is 203 g/mol. The average Bonchev–Trinajstić information content (AvgIpc) is 2.33. The topological polar surface area (TPSA) is 70.9 Å². The standard InChI is InChI=1S/C10H13BN4O/c11-8-6-13-10(7(5-12)14-8)15-9-3-1-2-4-16-9/h5-6,9,12H,1-4H2,(H,13,15). The maximum absolute atomic E-state index is 7.23. The van der Waals surface area contributed by atoms with Gasteiger partial charge in [-0.05, 0) is 19.3 Å². The smallest absolute Gasteiger partial charge is 0.155 e. The summed E-state index contributed by atoms with van der Waals surface area (Å²) in [4.78, 5) is 8.12. The van der Waals surface area contributed by atoms with Crippen LogP contribution in [0.3, 0.4) is 0 Å². The van der Waals surface area contributed by atoms with Crippen molar-refractivity contribution in [1.82, 2.24) is 9.97 Å². The van der Waals surface area contributed by atoms with E-state index in [0.29, 0.717) is 17.1 Å². The summed E-state index contributed by atoms with van der Waals surface area (Å²) in [7, 11) is 5.50. The lowest BCUT2D eigenvalue weighted by Gasteiger charge is -2.24. The second-order valence-electron chi connectivity index (χ2n) is 3.67. The number of nitrogens with one attached hydrogen (secondary N) is 2. The first-order valence-corrected chi connectivity index (χ1v) is 5.31. The molecule has 1 unspecified atom stereocenters. The number of hydrogen-bond donors (Lipinski definition) is 2. The second kappa shape index (κ2) is 5.07. The van der Waals surface area contributed by atoms with Gasteiger partial charge >= 0.3 is 0 Å². The third-order valence-electron chi connectivity index (χ3n) is 2.43. The first-order valence-electron chi connectivity index (χ1n) is 5.31. The SMILES string of the molecule is [B]c1cnc(NC2CCCCO2)c(C=N)n1. The number of anilines is 1. The lowest BCUT2D eigenvalue weighted by molar-refractivity contribution is 0.0341. The molecule has 0 saturated carbocycles. The third-order valence-corrected chi connectivity index (χ3v) is 2.43. The number of nitrogens with zero attached hydrogens (tertiary/aromatic N) is 2. The lowest BCUT2D eigenvalue weighted by Crippen LogP contribution is -2.29. The zero-order valence-electron chi connectivity index (χ0n) is 8.94. The van der Waals surface area contributed by atoms with Crippen molar-refractivity contribution in [2.45, 2.75) is 25.5 Å². The average molecular weight is 216 g/mol. The highest BCUT2D eigenvalue weighted by Gasteiger charge is 2.15. The van der Waals surface area contributed by atoms with Gasteiger partial charge in [0.1, 0.15) is 19.8 Å². The maximum atomic E-state index is 7.23. The van der Waals surface area contributed by atoms with Crippen molar-refractivity contribution in [2.75, 3.05) is 11.9 Å². The van der Waals surface area contributed by atoms with Gasteiger partial charge in [0.2, 0.25) is 0 Å². The number of ether oxygens (including phenoxy) is 1. The van der Waals surface area contributed by atoms with E-state index in [1.54, 1.807) is 0 Å². The highest BCUT2D eigenvalue weighted by Crippen LogP contribution is 2.15. The molecule has 0 spiro atoms. The Balaban J connectivity index is 2.10. The fourth-order valence-corrected chi connectivity index (χ4v) is 1.64. The van der Waals surface area contributed by atoms with E-state index in [4.69, 9.17) is 18.0 Å². The Morgan fingerprint density at radius 3 is 3.12 bits per heavy atom. The quantitative estimate of drug-likeness (QED) is 0.559. The van der Waals surface area contributed by atoms with Crippen LogP contribution < -0.4 is 10.9 Å². The molecule has 5 nitrogen and oxygen atoms in total. The fourth-order valence-electron chi connectivity index (χ4n) is 1.64. The molecule has 16 heavy (non-hydrogen) atoms. The molecule has 1 atom stereocenters. The molecule has 2 N–H and O–H groups in total. The Bertz CT molecular complexity index is 379. The third kappa shape index (κ3) is 2.58. The molecule has 0 amide bonds. The summed E-state index contributed by atoms with van der Waals surface area (Å²) in [6.07, 6.45) is 5.75. The van der Waals surface area contributed by atoms with E-state index in [0.717, 1.165) is 32.1 Å². The molecular formula is C10H13BN4O. The summed E-state index contributed by atoms with van der Waals surface area (Å²) in [6.45, 7) is 0.764. The van der Waals surface area contributed by atoms with Crippen molar-refractivity contribution in [3.63, 3.8) is 0 Å². The normalized spacial score (nSPS) is 20.4. The summed E-state index contributed by atoms with van der Waals surface area (Å²) in [5.74, 6) is 0.552. The van der Waals surface area contributed by atoms with Crippen LogP contribution in [-0.4, -0.2) is 36.9 Å². The van der Waals surface area contributed by atoms with Crippen LogP contribution in [0, 0.1) is 5.41 Å². The Hall–Kier alpha value is -1.43. The molecule has 1 aromatic heterocycles. The van der Waals surface area contributed by atoms with Crippen LogP contribution in [0.1, 0.15) is 25.0 Å². The Morgan fingerprint density at radius 2 is 2.44 bits per heavy atom. The minimum Gasteiger partial charge on any atom is -0.359 e. The summed E-state index contributed by atoms with van der Waals surface area (Å²) in [5, 5.41) is 10.4.